The summed E-state index contributed by atoms with van der Waals surface area (Å²) in [5, 5.41) is 15.4. The van der Waals surface area contributed by atoms with Crippen molar-refractivity contribution in [3.8, 4) is 0 Å². The maximum atomic E-state index is 12.0. The van der Waals surface area contributed by atoms with Gasteiger partial charge in [-0.3, -0.25) is 4.79 Å². The van der Waals surface area contributed by atoms with Crippen LogP contribution >= 0.6 is 23.1 Å². The van der Waals surface area contributed by atoms with Crippen LogP contribution in [0.3, 0.4) is 0 Å². The first-order valence-corrected chi connectivity index (χ1v) is 11.3. The number of hydrogen-bond donors (Lipinski definition) is 2. The van der Waals surface area contributed by atoms with Crippen LogP contribution in [0, 0.1) is 0 Å². The van der Waals surface area contributed by atoms with Gasteiger partial charge in [0.15, 0.2) is 4.34 Å². The van der Waals surface area contributed by atoms with E-state index in [1.807, 2.05) is 18.2 Å². The summed E-state index contributed by atoms with van der Waals surface area (Å²) in [6.45, 7) is 1.55. The number of aromatic nitrogens is 2. The van der Waals surface area contributed by atoms with Gasteiger partial charge in [0.25, 0.3) is 0 Å². The molecule has 0 bridgehead atoms. The first-order valence-electron chi connectivity index (χ1n) is 9.48. The summed E-state index contributed by atoms with van der Waals surface area (Å²) in [4.78, 5) is 12.0. The number of hydrogen-bond acceptors (Lipinski definition) is 6. The number of carbonyl (C=O) groups excluding carboxylic acids is 1. The molecule has 1 heterocycles. The van der Waals surface area contributed by atoms with Crippen molar-refractivity contribution in [2.24, 2.45) is 0 Å². The predicted molar refractivity (Wildman–Crippen MR) is 113 cm³/mol. The van der Waals surface area contributed by atoms with Gasteiger partial charge in [-0.15, -0.1) is 10.2 Å². The Kier molecular flexibility index (Phi) is 8.17. The fraction of sp³-hybridized carbons (Fsp3) is 0.450. The van der Waals surface area contributed by atoms with Gasteiger partial charge in [0, 0.05) is 13.1 Å². The first-order chi connectivity index (χ1) is 13.3. The summed E-state index contributed by atoms with van der Waals surface area (Å²) in [7, 11) is 0. The minimum atomic E-state index is 0.0604. The van der Waals surface area contributed by atoms with E-state index in [2.05, 4.69) is 39.0 Å². The van der Waals surface area contributed by atoms with Crippen molar-refractivity contribution < 1.29 is 4.79 Å². The van der Waals surface area contributed by atoms with Crippen molar-refractivity contribution >= 4 is 34.1 Å². The summed E-state index contributed by atoms with van der Waals surface area (Å²) in [5.41, 5.74) is 2.79. The standard InChI is InChI=1S/C20H26N4OS2/c25-18(21-13-11-16-7-3-1-4-8-16)15-26-20-24-23-19(27-20)22-14-12-17-9-5-2-6-10-17/h2,5-7,9-10H,1,3-4,8,11-15H2,(H,21,25)(H,22,23). The molecule has 1 aliphatic carbocycles. The lowest BCUT2D eigenvalue weighted by Gasteiger charge is -2.12. The van der Waals surface area contributed by atoms with E-state index >= 15 is 0 Å². The third-order valence-corrected chi connectivity index (χ3v) is 6.43. The zero-order valence-electron chi connectivity index (χ0n) is 15.4. The predicted octanol–water partition coefficient (Wildman–Crippen LogP) is 4.29. The molecule has 3 rings (SSSR count). The van der Waals surface area contributed by atoms with Gasteiger partial charge in [-0.1, -0.05) is 65.1 Å². The van der Waals surface area contributed by atoms with Crippen molar-refractivity contribution in [1.82, 2.24) is 15.5 Å². The lowest BCUT2D eigenvalue weighted by molar-refractivity contribution is -0.118. The minimum Gasteiger partial charge on any atom is -0.360 e. The molecule has 1 aliphatic rings. The van der Waals surface area contributed by atoms with Crippen LogP contribution in [0.5, 0.6) is 0 Å². The number of nitrogens with zero attached hydrogens (tertiary/aromatic N) is 2. The molecule has 2 N–H and O–H groups in total. The Morgan fingerprint density at radius 3 is 2.81 bits per heavy atom. The van der Waals surface area contributed by atoms with Crippen molar-refractivity contribution in [2.75, 3.05) is 24.2 Å². The van der Waals surface area contributed by atoms with Crippen LogP contribution < -0.4 is 10.6 Å². The van der Waals surface area contributed by atoms with Crippen molar-refractivity contribution in [3.05, 3.63) is 47.5 Å². The Morgan fingerprint density at radius 2 is 2.00 bits per heavy atom. The number of anilines is 1. The van der Waals surface area contributed by atoms with Crippen LogP contribution in [-0.2, 0) is 11.2 Å². The zero-order valence-corrected chi connectivity index (χ0v) is 17.1. The second-order valence-electron chi connectivity index (χ2n) is 6.53. The van der Waals surface area contributed by atoms with Crippen molar-refractivity contribution in [1.29, 1.82) is 0 Å². The molecule has 0 atom stereocenters. The van der Waals surface area contributed by atoms with E-state index in [1.165, 1.54) is 59.9 Å². The molecule has 1 aromatic heterocycles. The average molecular weight is 403 g/mol. The van der Waals surface area contributed by atoms with Crippen LogP contribution in [-0.4, -0.2) is 34.9 Å². The Morgan fingerprint density at radius 1 is 1.11 bits per heavy atom. The summed E-state index contributed by atoms with van der Waals surface area (Å²) in [6.07, 6.45) is 9.23. The van der Waals surface area contributed by atoms with E-state index in [-0.39, 0.29) is 5.91 Å². The van der Waals surface area contributed by atoms with Gasteiger partial charge in [-0.2, -0.15) is 0 Å². The SMILES string of the molecule is O=C(CSc1nnc(NCCc2ccccc2)s1)NCCC1=CCCCC1. The highest BCUT2D eigenvalue weighted by molar-refractivity contribution is 8.01. The highest BCUT2D eigenvalue weighted by Gasteiger charge is 2.09. The molecule has 1 amide bonds. The van der Waals surface area contributed by atoms with Gasteiger partial charge in [-0.25, -0.2) is 0 Å². The van der Waals surface area contributed by atoms with Gasteiger partial charge < -0.3 is 10.6 Å². The van der Waals surface area contributed by atoms with Gasteiger partial charge in [0.1, 0.15) is 0 Å². The lowest BCUT2D eigenvalue weighted by atomic mass is 9.97. The molecule has 0 aliphatic heterocycles. The lowest BCUT2D eigenvalue weighted by Crippen LogP contribution is -2.26. The summed E-state index contributed by atoms with van der Waals surface area (Å²) >= 11 is 2.94. The number of amides is 1. The number of benzene rings is 1. The first kappa shape index (κ1) is 19.9. The molecule has 0 radical (unpaired) electrons. The molecule has 0 saturated heterocycles. The molecule has 27 heavy (non-hydrogen) atoms. The van der Waals surface area contributed by atoms with E-state index in [9.17, 15) is 4.79 Å². The fourth-order valence-corrected chi connectivity index (χ4v) is 4.58. The monoisotopic (exact) mass is 402 g/mol. The van der Waals surface area contributed by atoms with Gasteiger partial charge in [-0.05, 0) is 44.1 Å². The Balaban J connectivity index is 1.30. The number of allylic oxidation sites excluding steroid dienone is 1. The normalized spacial score (nSPS) is 13.9. The number of rotatable bonds is 10. The topological polar surface area (TPSA) is 66.9 Å². The second kappa shape index (κ2) is 11.1. The molecule has 0 fully saturated rings. The van der Waals surface area contributed by atoms with Crippen LogP contribution in [0.1, 0.15) is 37.7 Å². The maximum Gasteiger partial charge on any atom is 0.230 e. The minimum absolute atomic E-state index is 0.0604. The Bertz CT molecular complexity index is 745. The van der Waals surface area contributed by atoms with Gasteiger partial charge in [0.2, 0.25) is 11.0 Å². The summed E-state index contributed by atoms with van der Waals surface area (Å²) in [5.74, 6) is 0.447. The average Bonchev–Trinajstić information content (AvgIpc) is 3.16. The van der Waals surface area contributed by atoms with Gasteiger partial charge in [0.05, 0.1) is 5.75 Å². The maximum absolute atomic E-state index is 12.0. The quantitative estimate of drug-likeness (QED) is 0.458. The highest BCUT2D eigenvalue weighted by atomic mass is 32.2. The van der Waals surface area contributed by atoms with E-state index < -0.39 is 0 Å². The molecule has 1 aromatic carbocycles. The molecule has 0 saturated carbocycles. The smallest absolute Gasteiger partial charge is 0.230 e. The van der Waals surface area contributed by atoms with Crippen molar-refractivity contribution in [3.63, 3.8) is 0 Å². The third-order valence-electron chi connectivity index (χ3n) is 4.42. The number of thioether (sulfide) groups is 1. The molecule has 7 heteroatoms. The van der Waals surface area contributed by atoms with Crippen LogP contribution in [0.2, 0.25) is 0 Å². The van der Waals surface area contributed by atoms with E-state index in [1.54, 1.807) is 0 Å². The van der Waals surface area contributed by atoms with Crippen LogP contribution in [0.4, 0.5) is 5.13 Å². The number of carbonyl (C=O) groups is 1. The zero-order chi connectivity index (χ0) is 18.7. The molecule has 0 spiro atoms. The molecular formula is C20H26N4OS2. The third kappa shape index (κ3) is 7.34. The molecule has 2 aromatic rings. The molecule has 5 nitrogen and oxygen atoms in total. The Labute approximate surface area is 169 Å². The van der Waals surface area contributed by atoms with Crippen molar-refractivity contribution in [2.45, 2.75) is 42.9 Å². The number of nitrogens with one attached hydrogen (secondary N) is 2. The van der Waals surface area contributed by atoms with Crippen LogP contribution in [0.25, 0.3) is 0 Å². The second-order valence-corrected chi connectivity index (χ2v) is 8.73. The Hall–Kier alpha value is -1.86. The van der Waals surface area contributed by atoms with E-state index in [0.29, 0.717) is 5.75 Å². The van der Waals surface area contributed by atoms with Crippen LogP contribution in [0.15, 0.2) is 46.3 Å². The fourth-order valence-electron chi connectivity index (χ4n) is 2.97. The molecule has 0 unspecified atom stereocenters. The molecule has 144 valence electrons. The summed E-state index contributed by atoms with van der Waals surface area (Å²) < 4.78 is 0.822. The van der Waals surface area contributed by atoms with E-state index in [0.717, 1.165) is 35.4 Å². The largest absolute Gasteiger partial charge is 0.360 e. The van der Waals surface area contributed by atoms with Gasteiger partial charge >= 0.3 is 0 Å². The molecular weight excluding hydrogens is 376 g/mol. The summed E-state index contributed by atoms with van der Waals surface area (Å²) in [6, 6.07) is 10.4. The van der Waals surface area contributed by atoms with E-state index in [4.69, 9.17) is 0 Å². The highest BCUT2D eigenvalue weighted by Crippen LogP contribution is 2.25.